The lowest BCUT2D eigenvalue weighted by Crippen LogP contribution is -2.30. The first-order valence-electron chi connectivity index (χ1n) is 7.46. The molecule has 23 heavy (non-hydrogen) atoms. The molecule has 1 amide bonds. The quantitative estimate of drug-likeness (QED) is 0.737. The number of hydrogen-bond acceptors (Lipinski definition) is 4. The maximum Gasteiger partial charge on any atom is 0.315 e. The van der Waals surface area contributed by atoms with E-state index < -0.39 is 0 Å². The first kappa shape index (κ1) is 15.0. The van der Waals surface area contributed by atoms with Crippen LogP contribution in [0.3, 0.4) is 0 Å². The van der Waals surface area contributed by atoms with Gasteiger partial charge >= 0.3 is 11.8 Å². The van der Waals surface area contributed by atoms with Gasteiger partial charge in [0.2, 0.25) is 5.89 Å². The maximum absolute atomic E-state index is 12.6. The summed E-state index contributed by atoms with van der Waals surface area (Å²) in [6.07, 6.45) is 0. The normalized spacial score (nSPS) is 10.5. The highest BCUT2D eigenvalue weighted by Crippen LogP contribution is 2.21. The Morgan fingerprint density at radius 1 is 1.04 bits per heavy atom. The van der Waals surface area contributed by atoms with Crippen molar-refractivity contribution >= 4 is 11.6 Å². The van der Waals surface area contributed by atoms with Gasteiger partial charge in [-0.15, -0.1) is 10.2 Å². The van der Waals surface area contributed by atoms with Crippen molar-refractivity contribution in [3.63, 3.8) is 0 Å². The van der Waals surface area contributed by atoms with E-state index in [2.05, 4.69) is 10.2 Å². The molecule has 0 spiro atoms. The van der Waals surface area contributed by atoms with Crippen LogP contribution in [-0.2, 0) is 0 Å². The van der Waals surface area contributed by atoms with Crippen molar-refractivity contribution in [2.45, 2.75) is 13.8 Å². The van der Waals surface area contributed by atoms with Crippen molar-refractivity contribution in [1.82, 2.24) is 10.2 Å². The topological polar surface area (TPSA) is 59.2 Å². The second-order valence-electron chi connectivity index (χ2n) is 5.16. The summed E-state index contributed by atoms with van der Waals surface area (Å²) in [6, 6.07) is 17.1. The average Bonchev–Trinajstić information content (AvgIpc) is 3.07. The van der Waals surface area contributed by atoms with Crippen molar-refractivity contribution in [2.75, 3.05) is 11.4 Å². The minimum absolute atomic E-state index is 0.00808. The molecular weight excluding hydrogens is 290 g/mol. The summed E-state index contributed by atoms with van der Waals surface area (Å²) in [5.74, 6) is 0.0355. The largest absolute Gasteiger partial charge is 0.412 e. The van der Waals surface area contributed by atoms with Crippen LogP contribution in [0.5, 0.6) is 0 Å². The molecular formula is C18H17N3O2. The summed E-state index contributed by atoms with van der Waals surface area (Å²) in [5, 5.41) is 7.88. The third-order valence-corrected chi connectivity index (χ3v) is 3.54. The molecule has 2 aromatic carbocycles. The Bertz CT molecular complexity index is 795. The van der Waals surface area contributed by atoms with Crippen LogP contribution in [0.1, 0.15) is 23.2 Å². The third kappa shape index (κ3) is 3.13. The number of rotatable bonds is 4. The minimum atomic E-state index is -0.301. The van der Waals surface area contributed by atoms with Crippen LogP contribution >= 0.6 is 0 Å². The van der Waals surface area contributed by atoms with Gasteiger partial charge < -0.3 is 9.32 Å². The summed E-state index contributed by atoms with van der Waals surface area (Å²) >= 11 is 0. The minimum Gasteiger partial charge on any atom is -0.412 e. The first-order valence-corrected chi connectivity index (χ1v) is 7.46. The van der Waals surface area contributed by atoms with Gasteiger partial charge in [-0.1, -0.05) is 35.9 Å². The van der Waals surface area contributed by atoms with E-state index >= 15 is 0 Å². The van der Waals surface area contributed by atoms with E-state index in [0.29, 0.717) is 12.4 Å². The molecule has 5 heteroatoms. The summed E-state index contributed by atoms with van der Waals surface area (Å²) in [5.41, 5.74) is 2.74. The molecule has 0 saturated carbocycles. The smallest absolute Gasteiger partial charge is 0.315 e. The van der Waals surface area contributed by atoms with Crippen LogP contribution in [0.4, 0.5) is 5.69 Å². The number of para-hydroxylation sites is 1. The Hall–Kier alpha value is -2.95. The molecule has 0 fully saturated rings. The molecule has 0 saturated heterocycles. The van der Waals surface area contributed by atoms with Crippen molar-refractivity contribution in [2.24, 2.45) is 0 Å². The lowest BCUT2D eigenvalue weighted by atomic mass is 10.1. The number of amides is 1. The number of aromatic nitrogens is 2. The molecule has 5 nitrogen and oxygen atoms in total. The van der Waals surface area contributed by atoms with Crippen LogP contribution in [-0.4, -0.2) is 22.6 Å². The monoisotopic (exact) mass is 307 g/mol. The van der Waals surface area contributed by atoms with E-state index in [4.69, 9.17) is 4.42 Å². The number of nitrogens with zero attached hydrogens (tertiary/aromatic N) is 3. The molecule has 0 N–H and O–H groups in total. The van der Waals surface area contributed by atoms with Crippen molar-refractivity contribution in [3.8, 4) is 11.5 Å². The molecule has 116 valence electrons. The highest BCUT2D eigenvalue weighted by atomic mass is 16.4. The molecule has 3 rings (SSSR count). The second-order valence-corrected chi connectivity index (χ2v) is 5.16. The predicted molar refractivity (Wildman–Crippen MR) is 88.3 cm³/mol. The standard InChI is InChI=1S/C18H17N3O2/c1-3-21(15-7-5-4-6-8-15)18(22)17-20-19-16(23-17)14-11-9-13(2)10-12-14/h4-12H,3H2,1-2H3. The number of carbonyl (C=O) groups excluding carboxylic acids is 1. The predicted octanol–water partition coefficient (Wildman–Crippen LogP) is 3.71. The third-order valence-electron chi connectivity index (χ3n) is 3.54. The highest BCUT2D eigenvalue weighted by Gasteiger charge is 2.22. The van der Waals surface area contributed by atoms with Gasteiger partial charge in [0, 0.05) is 17.8 Å². The number of carbonyl (C=O) groups is 1. The van der Waals surface area contributed by atoms with Crippen LogP contribution in [0.25, 0.3) is 11.5 Å². The van der Waals surface area contributed by atoms with E-state index in [1.807, 2.05) is 68.4 Å². The molecule has 1 heterocycles. The Morgan fingerprint density at radius 3 is 2.39 bits per heavy atom. The van der Waals surface area contributed by atoms with Crippen molar-refractivity contribution in [3.05, 3.63) is 66.1 Å². The van der Waals surface area contributed by atoms with E-state index in [1.165, 1.54) is 0 Å². The van der Waals surface area contributed by atoms with Gasteiger partial charge in [-0.05, 0) is 38.1 Å². The fourth-order valence-electron chi connectivity index (χ4n) is 2.29. The fourth-order valence-corrected chi connectivity index (χ4v) is 2.29. The molecule has 0 aliphatic carbocycles. The number of aryl methyl sites for hydroxylation is 1. The van der Waals surface area contributed by atoms with Gasteiger partial charge in [-0.3, -0.25) is 4.79 Å². The maximum atomic E-state index is 12.6. The molecule has 0 atom stereocenters. The van der Waals surface area contributed by atoms with Crippen molar-refractivity contribution < 1.29 is 9.21 Å². The van der Waals surface area contributed by atoms with E-state index in [9.17, 15) is 4.79 Å². The van der Waals surface area contributed by atoms with Crippen LogP contribution in [0.15, 0.2) is 59.0 Å². The molecule has 0 bridgehead atoms. The number of benzene rings is 2. The lowest BCUT2D eigenvalue weighted by molar-refractivity contribution is 0.0955. The van der Waals surface area contributed by atoms with E-state index in [-0.39, 0.29) is 11.8 Å². The number of hydrogen-bond donors (Lipinski definition) is 0. The molecule has 3 aromatic rings. The highest BCUT2D eigenvalue weighted by molar-refractivity contribution is 6.02. The summed E-state index contributed by atoms with van der Waals surface area (Å²) in [6.45, 7) is 4.43. The Labute approximate surface area is 134 Å². The zero-order valence-electron chi connectivity index (χ0n) is 13.1. The lowest BCUT2D eigenvalue weighted by Gasteiger charge is -2.18. The van der Waals surface area contributed by atoms with Gasteiger partial charge in [-0.25, -0.2) is 0 Å². The summed E-state index contributed by atoms with van der Waals surface area (Å²) in [4.78, 5) is 14.2. The summed E-state index contributed by atoms with van der Waals surface area (Å²) < 4.78 is 5.56. The Balaban J connectivity index is 1.87. The van der Waals surface area contributed by atoms with Gasteiger partial charge in [0.05, 0.1) is 0 Å². The molecule has 1 aromatic heterocycles. The first-order chi connectivity index (χ1) is 11.2. The van der Waals surface area contributed by atoms with Gasteiger partial charge in [0.1, 0.15) is 0 Å². The molecule has 0 radical (unpaired) electrons. The summed E-state index contributed by atoms with van der Waals surface area (Å²) in [7, 11) is 0. The Morgan fingerprint density at radius 2 is 1.74 bits per heavy atom. The zero-order valence-corrected chi connectivity index (χ0v) is 13.1. The SMILES string of the molecule is CCN(C(=O)c1nnc(-c2ccc(C)cc2)o1)c1ccccc1. The number of anilines is 1. The van der Waals surface area contributed by atoms with Crippen LogP contribution < -0.4 is 4.90 Å². The second kappa shape index (κ2) is 6.44. The van der Waals surface area contributed by atoms with Crippen LogP contribution in [0.2, 0.25) is 0 Å². The van der Waals surface area contributed by atoms with Gasteiger partial charge in [0.15, 0.2) is 0 Å². The fraction of sp³-hybridized carbons (Fsp3) is 0.167. The van der Waals surface area contributed by atoms with E-state index in [1.54, 1.807) is 4.90 Å². The molecule has 0 aliphatic rings. The Kier molecular flexibility index (Phi) is 4.19. The molecule has 0 unspecified atom stereocenters. The van der Waals surface area contributed by atoms with Gasteiger partial charge in [0.25, 0.3) is 0 Å². The van der Waals surface area contributed by atoms with E-state index in [0.717, 1.165) is 16.8 Å². The zero-order chi connectivity index (χ0) is 16.2. The van der Waals surface area contributed by atoms with Gasteiger partial charge in [-0.2, -0.15) is 0 Å². The van der Waals surface area contributed by atoms with Crippen molar-refractivity contribution in [1.29, 1.82) is 0 Å². The average molecular weight is 307 g/mol. The van der Waals surface area contributed by atoms with Crippen LogP contribution in [0, 0.1) is 6.92 Å². The molecule has 0 aliphatic heterocycles.